The van der Waals surface area contributed by atoms with Gasteiger partial charge in [0.25, 0.3) is 5.69 Å². The summed E-state index contributed by atoms with van der Waals surface area (Å²) in [6.07, 6.45) is 3.05. The first kappa shape index (κ1) is 16.2. The summed E-state index contributed by atoms with van der Waals surface area (Å²) in [5.74, 6) is -0.327. The van der Waals surface area contributed by atoms with E-state index in [0.717, 1.165) is 18.4 Å². The maximum Gasteiger partial charge on any atom is 0.310 e. The summed E-state index contributed by atoms with van der Waals surface area (Å²) in [5.41, 5.74) is 4.26. The highest BCUT2D eigenvalue weighted by molar-refractivity contribution is 5.73. The summed E-state index contributed by atoms with van der Waals surface area (Å²) < 4.78 is 5.43. The molecule has 0 fully saturated rings. The van der Waals surface area contributed by atoms with Crippen LogP contribution in [0.15, 0.2) is 42.5 Å². The summed E-state index contributed by atoms with van der Waals surface area (Å²) >= 11 is 0. The fourth-order valence-corrected chi connectivity index (χ4v) is 3.10. The van der Waals surface area contributed by atoms with Crippen molar-refractivity contribution in [3.8, 4) is 0 Å². The van der Waals surface area contributed by atoms with Crippen LogP contribution in [0.2, 0.25) is 0 Å². The minimum Gasteiger partial charge on any atom is -0.458 e. The Morgan fingerprint density at radius 2 is 2.00 bits per heavy atom. The smallest absolute Gasteiger partial charge is 0.310 e. The highest BCUT2D eigenvalue weighted by Crippen LogP contribution is 2.24. The SMILES string of the molecule is C[C@H](OC(=O)Cc1ccc2c(c1)CCC2)c1cccc([N+](=O)[O-])c1. The van der Waals surface area contributed by atoms with Crippen LogP contribution in [0.4, 0.5) is 5.69 Å². The van der Waals surface area contributed by atoms with Crippen molar-refractivity contribution in [1.82, 2.24) is 0 Å². The zero-order valence-corrected chi connectivity index (χ0v) is 13.5. The quantitative estimate of drug-likeness (QED) is 0.474. The normalized spacial score (nSPS) is 14.0. The molecule has 2 aromatic carbocycles. The number of carbonyl (C=O) groups is 1. The molecule has 0 N–H and O–H groups in total. The van der Waals surface area contributed by atoms with Gasteiger partial charge < -0.3 is 4.74 Å². The van der Waals surface area contributed by atoms with Crippen LogP contribution in [-0.4, -0.2) is 10.9 Å². The standard InChI is InChI=1S/C19H19NO4/c1-13(16-5-3-7-18(12-16)20(22)23)24-19(21)11-14-8-9-15-4-2-6-17(15)10-14/h3,5,7-10,12-13H,2,4,6,11H2,1H3/t13-/m0/s1. The van der Waals surface area contributed by atoms with Gasteiger partial charge in [-0.1, -0.05) is 30.3 Å². The van der Waals surface area contributed by atoms with E-state index in [0.29, 0.717) is 5.56 Å². The molecule has 3 rings (SSSR count). The van der Waals surface area contributed by atoms with Crippen molar-refractivity contribution in [2.45, 2.75) is 38.7 Å². The molecule has 5 nitrogen and oxygen atoms in total. The molecule has 0 radical (unpaired) electrons. The topological polar surface area (TPSA) is 69.4 Å². The lowest BCUT2D eigenvalue weighted by atomic mass is 10.0. The number of nitro benzene ring substituents is 1. The summed E-state index contributed by atoms with van der Waals surface area (Å²) in [5, 5.41) is 10.8. The molecule has 0 bridgehead atoms. The van der Waals surface area contributed by atoms with Crippen molar-refractivity contribution < 1.29 is 14.5 Å². The van der Waals surface area contributed by atoms with Crippen LogP contribution >= 0.6 is 0 Å². The number of carbonyl (C=O) groups excluding carboxylic acids is 1. The van der Waals surface area contributed by atoms with Crippen LogP contribution < -0.4 is 0 Å². The lowest BCUT2D eigenvalue weighted by Crippen LogP contribution is -2.11. The number of esters is 1. The summed E-state index contributed by atoms with van der Waals surface area (Å²) in [6.45, 7) is 1.72. The number of nitrogens with zero attached hydrogens (tertiary/aromatic N) is 1. The Bertz CT molecular complexity index is 785. The Balaban J connectivity index is 1.64. The van der Waals surface area contributed by atoms with Gasteiger partial charge in [-0.3, -0.25) is 14.9 Å². The third kappa shape index (κ3) is 3.62. The monoisotopic (exact) mass is 325 g/mol. The second-order valence-corrected chi connectivity index (χ2v) is 6.12. The van der Waals surface area contributed by atoms with Gasteiger partial charge in [0, 0.05) is 12.1 Å². The lowest BCUT2D eigenvalue weighted by Gasteiger charge is -2.14. The van der Waals surface area contributed by atoms with Crippen molar-refractivity contribution in [3.63, 3.8) is 0 Å². The van der Waals surface area contributed by atoms with E-state index in [4.69, 9.17) is 4.74 Å². The minimum atomic E-state index is -0.521. The number of nitro groups is 1. The molecule has 0 aromatic heterocycles. The number of fused-ring (bicyclic) bond motifs is 1. The minimum absolute atomic E-state index is 0.00554. The Morgan fingerprint density at radius 1 is 1.21 bits per heavy atom. The molecule has 0 heterocycles. The van der Waals surface area contributed by atoms with Crippen LogP contribution in [0.25, 0.3) is 0 Å². The predicted molar refractivity (Wildman–Crippen MR) is 89.8 cm³/mol. The van der Waals surface area contributed by atoms with E-state index < -0.39 is 11.0 Å². The number of aryl methyl sites for hydroxylation is 2. The number of hydrogen-bond acceptors (Lipinski definition) is 4. The van der Waals surface area contributed by atoms with E-state index >= 15 is 0 Å². The van der Waals surface area contributed by atoms with Gasteiger partial charge in [0.1, 0.15) is 6.10 Å². The van der Waals surface area contributed by atoms with Crippen molar-refractivity contribution in [2.75, 3.05) is 0 Å². The zero-order valence-electron chi connectivity index (χ0n) is 13.5. The second-order valence-electron chi connectivity index (χ2n) is 6.12. The molecule has 2 aromatic rings. The molecular formula is C19H19NO4. The molecule has 0 unspecified atom stereocenters. The maximum absolute atomic E-state index is 12.2. The van der Waals surface area contributed by atoms with Crippen molar-refractivity contribution in [3.05, 3.63) is 74.8 Å². The molecule has 1 aliphatic rings. The molecule has 0 amide bonds. The molecular weight excluding hydrogens is 306 g/mol. The first-order valence-electron chi connectivity index (χ1n) is 8.07. The number of benzene rings is 2. The molecule has 0 spiro atoms. The number of non-ortho nitro benzene ring substituents is 1. The van der Waals surface area contributed by atoms with Crippen molar-refractivity contribution >= 4 is 11.7 Å². The number of rotatable bonds is 5. The molecule has 1 aliphatic carbocycles. The number of hydrogen-bond donors (Lipinski definition) is 0. The fraction of sp³-hybridized carbons (Fsp3) is 0.316. The molecule has 0 saturated heterocycles. The van der Waals surface area contributed by atoms with E-state index in [-0.39, 0.29) is 18.1 Å². The van der Waals surface area contributed by atoms with E-state index in [9.17, 15) is 14.9 Å². The van der Waals surface area contributed by atoms with Crippen LogP contribution in [0.1, 0.15) is 41.7 Å². The Morgan fingerprint density at radius 3 is 2.79 bits per heavy atom. The van der Waals surface area contributed by atoms with Gasteiger partial charge >= 0.3 is 5.97 Å². The van der Waals surface area contributed by atoms with Gasteiger partial charge in [-0.2, -0.15) is 0 Å². The van der Waals surface area contributed by atoms with Gasteiger partial charge in [0.05, 0.1) is 11.3 Å². The van der Waals surface area contributed by atoms with Crippen LogP contribution in [0.5, 0.6) is 0 Å². The largest absolute Gasteiger partial charge is 0.458 e. The van der Waals surface area contributed by atoms with Crippen LogP contribution in [0, 0.1) is 10.1 Å². The molecule has 5 heteroatoms. The molecule has 1 atom stereocenters. The fourth-order valence-electron chi connectivity index (χ4n) is 3.10. The highest BCUT2D eigenvalue weighted by atomic mass is 16.6. The summed E-state index contributed by atoms with van der Waals surface area (Å²) in [4.78, 5) is 22.5. The second kappa shape index (κ2) is 6.83. The van der Waals surface area contributed by atoms with Crippen molar-refractivity contribution in [1.29, 1.82) is 0 Å². The third-order valence-corrected chi connectivity index (χ3v) is 4.37. The summed E-state index contributed by atoms with van der Waals surface area (Å²) in [6, 6.07) is 12.3. The number of ether oxygens (including phenoxy) is 1. The van der Waals surface area contributed by atoms with Crippen molar-refractivity contribution in [2.24, 2.45) is 0 Å². The maximum atomic E-state index is 12.2. The molecule has 124 valence electrons. The van der Waals surface area contributed by atoms with Gasteiger partial charge in [0.2, 0.25) is 0 Å². The van der Waals surface area contributed by atoms with Gasteiger partial charge in [-0.05, 0) is 48.4 Å². The summed E-state index contributed by atoms with van der Waals surface area (Å²) in [7, 11) is 0. The molecule has 0 aliphatic heterocycles. The van der Waals surface area contributed by atoms with E-state index in [1.54, 1.807) is 19.1 Å². The average Bonchev–Trinajstić information content (AvgIpc) is 3.02. The van der Waals surface area contributed by atoms with Gasteiger partial charge in [-0.25, -0.2) is 0 Å². The van der Waals surface area contributed by atoms with Crippen LogP contribution in [-0.2, 0) is 28.8 Å². The molecule has 24 heavy (non-hydrogen) atoms. The van der Waals surface area contributed by atoms with E-state index in [1.807, 2.05) is 6.07 Å². The van der Waals surface area contributed by atoms with Gasteiger partial charge in [0.15, 0.2) is 0 Å². The third-order valence-electron chi connectivity index (χ3n) is 4.37. The van der Waals surface area contributed by atoms with E-state index in [1.165, 1.54) is 29.7 Å². The predicted octanol–water partition coefficient (Wildman–Crippen LogP) is 3.93. The first-order valence-corrected chi connectivity index (χ1v) is 8.07. The van der Waals surface area contributed by atoms with E-state index in [2.05, 4.69) is 12.1 Å². The Kier molecular flexibility index (Phi) is 4.60. The van der Waals surface area contributed by atoms with Crippen LogP contribution in [0.3, 0.4) is 0 Å². The average molecular weight is 325 g/mol. The first-order chi connectivity index (χ1) is 11.5. The zero-order chi connectivity index (χ0) is 17.1. The van der Waals surface area contributed by atoms with Gasteiger partial charge in [-0.15, -0.1) is 0 Å². The highest BCUT2D eigenvalue weighted by Gasteiger charge is 2.16. The lowest BCUT2D eigenvalue weighted by molar-refractivity contribution is -0.385. The Labute approximate surface area is 140 Å². The Hall–Kier alpha value is -2.69. The molecule has 0 saturated carbocycles.